The molecule has 3 aromatic rings. The Hall–Kier alpha value is -3.28. The molecule has 1 unspecified atom stereocenters. The molecule has 1 aromatic heterocycles. The fourth-order valence-electron chi connectivity index (χ4n) is 2.68. The van der Waals surface area contributed by atoms with Crippen LogP contribution in [-0.2, 0) is 4.79 Å². The second-order valence-electron chi connectivity index (χ2n) is 5.68. The summed E-state index contributed by atoms with van der Waals surface area (Å²) in [6.07, 6.45) is -0.524. The summed E-state index contributed by atoms with van der Waals surface area (Å²) in [6, 6.07) is 14.6. The van der Waals surface area contributed by atoms with Crippen molar-refractivity contribution in [3.63, 3.8) is 0 Å². The van der Waals surface area contributed by atoms with Gasteiger partial charge in [-0.05, 0) is 37.3 Å². The first-order valence-electron chi connectivity index (χ1n) is 7.61. The smallest absolute Gasteiger partial charge is 0.272 e. The Balaban J connectivity index is 1.58. The minimum Gasteiger partial charge on any atom is -0.479 e. The van der Waals surface area contributed by atoms with E-state index in [0.29, 0.717) is 22.8 Å². The lowest BCUT2D eigenvalue weighted by molar-refractivity contribution is -0.122. The van der Waals surface area contributed by atoms with Crippen LogP contribution in [0, 0.1) is 0 Å². The SMILES string of the molecule is CC1Oc2ccc(NC(=O)c3cc4ccccc4[nH]3)cc2NC1=O. The number of nitrogens with one attached hydrogen (secondary N) is 3. The molecule has 6 heteroatoms. The molecule has 4 rings (SSSR count). The summed E-state index contributed by atoms with van der Waals surface area (Å²) >= 11 is 0. The lowest BCUT2D eigenvalue weighted by Gasteiger charge is -2.23. The lowest BCUT2D eigenvalue weighted by atomic mass is 10.2. The van der Waals surface area contributed by atoms with Gasteiger partial charge in [-0.3, -0.25) is 9.59 Å². The number of para-hydroxylation sites is 1. The summed E-state index contributed by atoms with van der Waals surface area (Å²) < 4.78 is 5.50. The van der Waals surface area contributed by atoms with Gasteiger partial charge in [-0.25, -0.2) is 0 Å². The van der Waals surface area contributed by atoms with Gasteiger partial charge in [0.2, 0.25) is 0 Å². The van der Waals surface area contributed by atoms with E-state index in [1.807, 2.05) is 24.3 Å². The molecule has 3 N–H and O–H groups in total. The van der Waals surface area contributed by atoms with Gasteiger partial charge in [0.25, 0.3) is 11.8 Å². The molecule has 0 aliphatic carbocycles. The fraction of sp³-hybridized carbons (Fsp3) is 0.111. The van der Waals surface area contributed by atoms with Gasteiger partial charge in [0.1, 0.15) is 11.4 Å². The van der Waals surface area contributed by atoms with Crippen LogP contribution in [0.4, 0.5) is 11.4 Å². The lowest BCUT2D eigenvalue weighted by Crippen LogP contribution is -2.34. The van der Waals surface area contributed by atoms with Crippen molar-refractivity contribution in [2.75, 3.05) is 10.6 Å². The molecule has 120 valence electrons. The topological polar surface area (TPSA) is 83.2 Å². The van der Waals surface area contributed by atoms with Crippen molar-refractivity contribution < 1.29 is 14.3 Å². The Morgan fingerprint density at radius 1 is 1.17 bits per heavy atom. The molecule has 0 saturated heterocycles. The molecule has 2 aromatic carbocycles. The first-order valence-corrected chi connectivity index (χ1v) is 7.61. The maximum absolute atomic E-state index is 12.4. The van der Waals surface area contributed by atoms with Gasteiger partial charge in [0, 0.05) is 16.6 Å². The Morgan fingerprint density at radius 2 is 2.00 bits per heavy atom. The van der Waals surface area contributed by atoms with Gasteiger partial charge < -0.3 is 20.4 Å². The van der Waals surface area contributed by atoms with Gasteiger partial charge in [0.15, 0.2) is 6.10 Å². The van der Waals surface area contributed by atoms with Gasteiger partial charge in [-0.15, -0.1) is 0 Å². The summed E-state index contributed by atoms with van der Waals surface area (Å²) in [5, 5.41) is 6.55. The highest BCUT2D eigenvalue weighted by Crippen LogP contribution is 2.32. The fourth-order valence-corrected chi connectivity index (χ4v) is 2.68. The predicted molar refractivity (Wildman–Crippen MR) is 91.4 cm³/mol. The molecular weight excluding hydrogens is 306 g/mol. The van der Waals surface area contributed by atoms with E-state index in [1.165, 1.54) is 0 Å². The summed E-state index contributed by atoms with van der Waals surface area (Å²) in [4.78, 5) is 27.2. The Bertz CT molecular complexity index is 928. The molecule has 6 nitrogen and oxygen atoms in total. The standard InChI is InChI=1S/C18H15N3O3/c1-10-17(22)21-14-9-12(6-7-16(14)24-10)19-18(23)15-8-11-4-2-3-5-13(11)20-15/h2-10,20H,1H3,(H,19,23)(H,21,22). The molecule has 1 aliphatic rings. The number of anilines is 2. The van der Waals surface area contributed by atoms with E-state index in [0.717, 1.165) is 10.9 Å². The van der Waals surface area contributed by atoms with Crippen molar-refractivity contribution in [1.82, 2.24) is 4.98 Å². The van der Waals surface area contributed by atoms with Crippen molar-refractivity contribution in [3.8, 4) is 5.75 Å². The third-order valence-electron chi connectivity index (χ3n) is 3.94. The summed E-state index contributed by atoms with van der Waals surface area (Å²) in [7, 11) is 0. The highest BCUT2D eigenvalue weighted by atomic mass is 16.5. The van der Waals surface area contributed by atoms with Crippen molar-refractivity contribution in [1.29, 1.82) is 0 Å². The molecule has 1 atom stereocenters. The van der Waals surface area contributed by atoms with Crippen LogP contribution in [0.5, 0.6) is 5.75 Å². The van der Waals surface area contributed by atoms with Gasteiger partial charge in [-0.2, -0.15) is 0 Å². The number of amides is 2. The van der Waals surface area contributed by atoms with Crippen LogP contribution in [0.1, 0.15) is 17.4 Å². The Morgan fingerprint density at radius 3 is 2.83 bits per heavy atom. The second-order valence-corrected chi connectivity index (χ2v) is 5.68. The quantitative estimate of drug-likeness (QED) is 0.678. The largest absolute Gasteiger partial charge is 0.479 e. The van der Waals surface area contributed by atoms with Crippen LogP contribution in [-0.4, -0.2) is 22.9 Å². The van der Waals surface area contributed by atoms with Gasteiger partial charge in [0.05, 0.1) is 5.69 Å². The zero-order valence-corrected chi connectivity index (χ0v) is 12.9. The van der Waals surface area contributed by atoms with Crippen LogP contribution < -0.4 is 15.4 Å². The number of ether oxygens (including phenoxy) is 1. The minimum absolute atomic E-state index is 0.207. The highest BCUT2D eigenvalue weighted by Gasteiger charge is 2.23. The number of carbonyl (C=O) groups excluding carboxylic acids is 2. The molecule has 0 bridgehead atoms. The van der Waals surface area contributed by atoms with Crippen LogP contribution in [0.25, 0.3) is 10.9 Å². The molecule has 2 heterocycles. The molecule has 1 aliphatic heterocycles. The molecule has 0 spiro atoms. The minimum atomic E-state index is -0.524. The zero-order valence-electron chi connectivity index (χ0n) is 12.9. The number of aromatic amines is 1. The molecular formula is C18H15N3O3. The number of aromatic nitrogens is 1. The zero-order chi connectivity index (χ0) is 16.7. The number of benzene rings is 2. The Labute approximate surface area is 137 Å². The second kappa shape index (κ2) is 5.42. The number of hydrogen-bond acceptors (Lipinski definition) is 3. The van der Waals surface area contributed by atoms with Crippen molar-refractivity contribution in [3.05, 3.63) is 54.2 Å². The van der Waals surface area contributed by atoms with Crippen molar-refractivity contribution in [2.24, 2.45) is 0 Å². The summed E-state index contributed by atoms with van der Waals surface area (Å²) in [5.74, 6) is 0.134. The average Bonchev–Trinajstić information content (AvgIpc) is 3.00. The molecule has 0 radical (unpaired) electrons. The number of fused-ring (bicyclic) bond motifs is 2. The highest BCUT2D eigenvalue weighted by molar-refractivity contribution is 6.06. The third-order valence-corrected chi connectivity index (χ3v) is 3.94. The van der Waals surface area contributed by atoms with Gasteiger partial charge >= 0.3 is 0 Å². The van der Waals surface area contributed by atoms with Crippen LogP contribution in [0.3, 0.4) is 0 Å². The van der Waals surface area contributed by atoms with Crippen molar-refractivity contribution >= 4 is 34.1 Å². The first kappa shape index (κ1) is 14.3. The maximum Gasteiger partial charge on any atom is 0.272 e. The molecule has 0 saturated carbocycles. The maximum atomic E-state index is 12.4. The number of hydrogen-bond donors (Lipinski definition) is 3. The van der Waals surface area contributed by atoms with Gasteiger partial charge in [-0.1, -0.05) is 18.2 Å². The van der Waals surface area contributed by atoms with E-state index >= 15 is 0 Å². The van der Waals surface area contributed by atoms with E-state index in [9.17, 15) is 9.59 Å². The van der Waals surface area contributed by atoms with Crippen LogP contribution in [0.15, 0.2) is 48.5 Å². The number of rotatable bonds is 2. The van der Waals surface area contributed by atoms with E-state index in [-0.39, 0.29) is 11.8 Å². The number of H-pyrrole nitrogens is 1. The van der Waals surface area contributed by atoms with E-state index in [4.69, 9.17) is 4.74 Å². The van der Waals surface area contributed by atoms with Crippen molar-refractivity contribution in [2.45, 2.75) is 13.0 Å². The van der Waals surface area contributed by atoms with Crippen LogP contribution in [0.2, 0.25) is 0 Å². The third kappa shape index (κ3) is 2.48. The van der Waals surface area contributed by atoms with E-state index in [1.54, 1.807) is 31.2 Å². The molecule has 2 amide bonds. The first-order chi connectivity index (χ1) is 11.6. The molecule has 24 heavy (non-hydrogen) atoms. The number of carbonyl (C=O) groups is 2. The molecule has 0 fully saturated rings. The van der Waals surface area contributed by atoms with E-state index < -0.39 is 6.10 Å². The Kier molecular flexibility index (Phi) is 3.23. The summed E-state index contributed by atoms with van der Waals surface area (Å²) in [5.41, 5.74) is 2.51. The van der Waals surface area contributed by atoms with Crippen LogP contribution >= 0.6 is 0 Å². The predicted octanol–water partition coefficient (Wildman–Crippen LogP) is 3.14. The summed E-state index contributed by atoms with van der Waals surface area (Å²) in [6.45, 7) is 1.68. The monoisotopic (exact) mass is 321 g/mol. The normalized spacial score (nSPS) is 16.2. The van der Waals surface area contributed by atoms with E-state index in [2.05, 4.69) is 15.6 Å². The average molecular weight is 321 g/mol.